The van der Waals surface area contributed by atoms with Gasteiger partial charge in [0.05, 0.1) is 12.1 Å². The Morgan fingerprint density at radius 1 is 1.26 bits per heavy atom. The molecule has 0 fully saturated rings. The lowest BCUT2D eigenvalue weighted by molar-refractivity contribution is -0.115. The fourth-order valence-corrected chi connectivity index (χ4v) is 2.28. The van der Waals surface area contributed by atoms with Crippen LogP contribution in [-0.2, 0) is 11.2 Å². The lowest BCUT2D eigenvalue weighted by atomic mass is 10.1. The molecule has 0 aromatic heterocycles. The summed E-state index contributed by atoms with van der Waals surface area (Å²) in [5.41, 5.74) is 1.36. The van der Waals surface area contributed by atoms with Crippen molar-refractivity contribution in [3.63, 3.8) is 0 Å². The van der Waals surface area contributed by atoms with E-state index in [1.165, 1.54) is 18.2 Å². The van der Waals surface area contributed by atoms with Crippen molar-refractivity contribution in [2.24, 2.45) is 0 Å². The van der Waals surface area contributed by atoms with Crippen LogP contribution >= 0.6 is 27.5 Å². The number of hydrogen-bond donors (Lipinski definition) is 1. The van der Waals surface area contributed by atoms with Gasteiger partial charge in [-0.1, -0.05) is 23.7 Å². The number of amides is 1. The predicted molar refractivity (Wildman–Crippen MR) is 77.9 cm³/mol. The van der Waals surface area contributed by atoms with Gasteiger partial charge in [-0.2, -0.15) is 0 Å². The van der Waals surface area contributed by atoms with Gasteiger partial charge in [-0.25, -0.2) is 4.39 Å². The Morgan fingerprint density at radius 3 is 2.74 bits per heavy atom. The van der Waals surface area contributed by atoms with Crippen LogP contribution < -0.4 is 5.32 Å². The molecular formula is C14H10BrClFNO. The van der Waals surface area contributed by atoms with Crippen molar-refractivity contribution in [2.45, 2.75) is 6.42 Å². The monoisotopic (exact) mass is 341 g/mol. The zero-order valence-corrected chi connectivity index (χ0v) is 12.1. The molecule has 0 bridgehead atoms. The first-order valence-corrected chi connectivity index (χ1v) is 6.71. The number of nitrogens with one attached hydrogen (secondary N) is 1. The third-order valence-electron chi connectivity index (χ3n) is 2.46. The second-order valence-corrected chi connectivity index (χ2v) is 5.27. The molecular weight excluding hydrogens is 333 g/mol. The van der Waals surface area contributed by atoms with Gasteiger partial charge in [0, 0.05) is 9.50 Å². The van der Waals surface area contributed by atoms with Crippen LogP contribution in [-0.4, -0.2) is 5.91 Å². The first-order chi connectivity index (χ1) is 9.04. The summed E-state index contributed by atoms with van der Waals surface area (Å²) >= 11 is 9.05. The maximum atomic E-state index is 12.9. The van der Waals surface area contributed by atoms with E-state index in [1.807, 2.05) is 6.07 Å². The Labute approximate surface area is 123 Å². The van der Waals surface area contributed by atoms with Crippen molar-refractivity contribution in [3.8, 4) is 0 Å². The minimum absolute atomic E-state index is 0.186. The van der Waals surface area contributed by atoms with E-state index in [0.29, 0.717) is 15.2 Å². The number of hydrogen-bond acceptors (Lipinski definition) is 1. The van der Waals surface area contributed by atoms with Gasteiger partial charge < -0.3 is 5.32 Å². The van der Waals surface area contributed by atoms with Crippen molar-refractivity contribution < 1.29 is 9.18 Å². The second kappa shape index (κ2) is 6.17. The van der Waals surface area contributed by atoms with Crippen LogP contribution in [0.25, 0.3) is 0 Å². The highest BCUT2D eigenvalue weighted by Crippen LogP contribution is 2.23. The van der Waals surface area contributed by atoms with Crippen molar-refractivity contribution >= 4 is 39.1 Å². The van der Waals surface area contributed by atoms with Crippen molar-refractivity contribution in [1.29, 1.82) is 0 Å². The molecule has 0 spiro atoms. The predicted octanol–water partition coefficient (Wildman–Crippen LogP) is 4.42. The molecule has 0 atom stereocenters. The summed E-state index contributed by atoms with van der Waals surface area (Å²) in [4.78, 5) is 11.9. The van der Waals surface area contributed by atoms with Crippen LogP contribution in [0.2, 0.25) is 5.02 Å². The highest BCUT2D eigenvalue weighted by Gasteiger charge is 2.07. The Morgan fingerprint density at radius 2 is 2.05 bits per heavy atom. The van der Waals surface area contributed by atoms with Gasteiger partial charge in [0.1, 0.15) is 5.82 Å². The molecule has 98 valence electrons. The van der Waals surface area contributed by atoms with Gasteiger partial charge in [-0.15, -0.1) is 0 Å². The molecule has 5 heteroatoms. The zero-order valence-electron chi connectivity index (χ0n) is 9.79. The van der Waals surface area contributed by atoms with Crippen LogP contribution in [0.4, 0.5) is 10.1 Å². The average Bonchev–Trinajstić information content (AvgIpc) is 2.33. The molecule has 0 radical (unpaired) electrons. The number of benzene rings is 2. The molecule has 0 aliphatic rings. The van der Waals surface area contributed by atoms with E-state index >= 15 is 0 Å². The minimum Gasteiger partial charge on any atom is -0.325 e. The van der Waals surface area contributed by atoms with Gasteiger partial charge in [-0.3, -0.25) is 4.79 Å². The summed E-state index contributed by atoms with van der Waals surface area (Å²) in [5.74, 6) is -0.547. The first-order valence-electron chi connectivity index (χ1n) is 5.54. The number of halogens is 3. The second-order valence-electron chi connectivity index (χ2n) is 3.98. The van der Waals surface area contributed by atoms with Gasteiger partial charge in [0.15, 0.2) is 0 Å². The molecule has 0 aliphatic heterocycles. The third-order valence-corrected chi connectivity index (χ3v) is 3.35. The molecule has 1 amide bonds. The molecule has 2 aromatic rings. The molecule has 0 saturated heterocycles. The maximum Gasteiger partial charge on any atom is 0.228 e. The van der Waals surface area contributed by atoms with Crippen molar-refractivity contribution in [2.75, 3.05) is 5.32 Å². The fourth-order valence-electron chi connectivity index (χ4n) is 1.62. The van der Waals surface area contributed by atoms with Crippen molar-refractivity contribution in [3.05, 3.63) is 63.3 Å². The summed E-state index contributed by atoms with van der Waals surface area (Å²) in [7, 11) is 0. The van der Waals surface area contributed by atoms with E-state index in [2.05, 4.69) is 21.2 Å². The smallest absolute Gasteiger partial charge is 0.228 e. The van der Waals surface area contributed by atoms with E-state index in [4.69, 9.17) is 11.6 Å². The van der Waals surface area contributed by atoms with Crippen LogP contribution in [0.15, 0.2) is 46.9 Å². The number of carbonyl (C=O) groups is 1. The maximum absolute atomic E-state index is 12.9. The lowest BCUT2D eigenvalue weighted by Gasteiger charge is -2.07. The Balaban J connectivity index is 2.05. The molecule has 19 heavy (non-hydrogen) atoms. The zero-order chi connectivity index (χ0) is 13.8. The summed E-state index contributed by atoms with van der Waals surface area (Å²) in [5, 5.41) is 3.30. The number of rotatable bonds is 3. The molecule has 0 aliphatic carbocycles. The molecule has 2 aromatic carbocycles. The topological polar surface area (TPSA) is 29.1 Å². The normalized spacial score (nSPS) is 10.3. The van der Waals surface area contributed by atoms with E-state index < -0.39 is 0 Å². The van der Waals surface area contributed by atoms with Gasteiger partial charge in [0.2, 0.25) is 5.91 Å². The summed E-state index contributed by atoms with van der Waals surface area (Å²) < 4.78 is 13.4. The molecule has 0 unspecified atom stereocenters. The van der Waals surface area contributed by atoms with Gasteiger partial charge in [-0.05, 0) is 51.8 Å². The lowest BCUT2D eigenvalue weighted by Crippen LogP contribution is -2.14. The van der Waals surface area contributed by atoms with E-state index in [1.54, 1.807) is 18.2 Å². The summed E-state index contributed by atoms with van der Waals surface area (Å²) in [6, 6.07) is 11.2. The van der Waals surface area contributed by atoms with Crippen LogP contribution in [0.5, 0.6) is 0 Å². The molecule has 1 N–H and O–H groups in total. The summed E-state index contributed by atoms with van der Waals surface area (Å²) in [6.07, 6.45) is 0.213. The third kappa shape index (κ3) is 4.04. The molecule has 2 rings (SSSR count). The van der Waals surface area contributed by atoms with Crippen molar-refractivity contribution in [1.82, 2.24) is 0 Å². The first kappa shape index (κ1) is 14.0. The van der Waals surface area contributed by atoms with E-state index in [0.717, 1.165) is 5.56 Å². The van der Waals surface area contributed by atoms with Crippen LogP contribution in [0, 0.1) is 5.82 Å². The van der Waals surface area contributed by atoms with Crippen LogP contribution in [0.3, 0.4) is 0 Å². The van der Waals surface area contributed by atoms with Gasteiger partial charge >= 0.3 is 0 Å². The minimum atomic E-state index is -0.361. The highest BCUT2D eigenvalue weighted by molar-refractivity contribution is 9.10. The molecule has 0 saturated carbocycles. The number of anilines is 1. The quantitative estimate of drug-likeness (QED) is 0.879. The Bertz CT molecular complexity index is 618. The fraction of sp³-hybridized carbons (Fsp3) is 0.0714. The molecule has 0 heterocycles. The van der Waals surface area contributed by atoms with Gasteiger partial charge in [0.25, 0.3) is 0 Å². The SMILES string of the molecule is O=C(Cc1cccc(Cl)c1)Nc1ccc(F)cc1Br. The van der Waals surface area contributed by atoms with Crippen LogP contribution in [0.1, 0.15) is 5.56 Å². The average molecular weight is 343 g/mol. The Kier molecular flexibility index (Phi) is 4.56. The standard InChI is InChI=1S/C14H10BrClFNO/c15-12-8-11(17)4-5-13(12)18-14(19)7-9-2-1-3-10(16)6-9/h1-6,8H,7H2,(H,18,19). The number of carbonyl (C=O) groups excluding carboxylic acids is 1. The molecule has 2 nitrogen and oxygen atoms in total. The largest absolute Gasteiger partial charge is 0.325 e. The van der Waals surface area contributed by atoms with E-state index in [-0.39, 0.29) is 18.1 Å². The Hall–Kier alpha value is -1.39. The van der Waals surface area contributed by atoms with E-state index in [9.17, 15) is 9.18 Å². The summed E-state index contributed by atoms with van der Waals surface area (Å²) in [6.45, 7) is 0. The highest BCUT2D eigenvalue weighted by atomic mass is 79.9.